The van der Waals surface area contributed by atoms with Crippen molar-refractivity contribution in [1.82, 2.24) is 0 Å². The minimum atomic E-state index is -0.237. The fraction of sp³-hybridized carbons (Fsp3) is 0.143. The maximum absolute atomic E-state index is 13.0. The Bertz CT molecular complexity index is 557. The average Bonchev–Trinajstić information content (AvgIpc) is 2.32. The number of halogens is 3. The van der Waals surface area contributed by atoms with Gasteiger partial charge in [-0.2, -0.15) is 0 Å². The van der Waals surface area contributed by atoms with Crippen molar-refractivity contribution in [2.45, 2.75) is 13.0 Å². The van der Waals surface area contributed by atoms with Gasteiger partial charge >= 0.3 is 0 Å². The summed E-state index contributed by atoms with van der Waals surface area (Å²) in [7, 11) is 0. The van der Waals surface area contributed by atoms with Crippen LogP contribution >= 0.6 is 31.9 Å². The van der Waals surface area contributed by atoms with Gasteiger partial charge in [0.1, 0.15) is 5.82 Å². The monoisotopic (exact) mass is 371 g/mol. The molecule has 1 atom stereocenters. The molecule has 0 radical (unpaired) electrons. The lowest BCUT2D eigenvalue weighted by atomic mass is 10.1. The first-order chi connectivity index (χ1) is 8.58. The highest BCUT2D eigenvalue weighted by Gasteiger charge is 2.11. The summed E-state index contributed by atoms with van der Waals surface area (Å²) in [6.45, 7) is 2.04. The minimum absolute atomic E-state index is 0.0821. The maximum atomic E-state index is 13.0. The molecule has 1 N–H and O–H groups in total. The molecule has 0 fully saturated rings. The Hall–Kier alpha value is -0.870. The molecule has 1 nitrogen and oxygen atoms in total. The Morgan fingerprint density at radius 2 is 1.78 bits per heavy atom. The zero-order valence-corrected chi connectivity index (χ0v) is 12.9. The van der Waals surface area contributed by atoms with Crippen LogP contribution in [-0.4, -0.2) is 0 Å². The largest absolute Gasteiger partial charge is 0.378 e. The summed E-state index contributed by atoms with van der Waals surface area (Å²) in [5.41, 5.74) is 2.04. The SMILES string of the molecule is CC(Nc1ccccc1Br)c1ccc(F)cc1Br. The molecule has 0 saturated heterocycles. The Kier molecular flexibility index (Phi) is 4.40. The third kappa shape index (κ3) is 3.12. The smallest absolute Gasteiger partial charge is 0.124 e. The van der Waals surface area contributed by atoms with Crippen molar-refractivity contribution >= 4 is 37.5 Å². The topological polar surface area (TPSA) is 12.0 Å². The van der Waals surface area contributed by atoms with Gasteiger partial charge in [-0.15, -0.1) is 0 Å². The van der Waals surface area contributed by atoms with E-state index in [0.717, 1.165) is 20.2 Å². The van der Waals surface area contributed by atoms with Gasteiger partial charge in [-0.1, -0.05) is 34.1 Å². The summed E-state index contributed by atoms with van der Waals surface area (Å²) in [5, 5.41) is 3.39. The summed E-state index contributed by atoms with van der Waals surface area (Å²) in [5.74, 6) is -0.237. The third-order valence-electron chi connectivity index (χ3n) is 2.67. The van der Waals surface area contributed by atoms with E-state index in [4.69, 9.17) is 0 Å². The van der Waals surface area contributed by atoms with Crippen molar-refractivity contribution in [1.29, 1.82) is 0 Å². The molecule has 0 heterocycles. The van der Waals surface area contributed by atoms with E-state index in [9.17, 15) is 4.39 Å². The predicted octanol–water partition coefficient (Wildman–Crippen LogP) is 5.52. The van der Waals surface area contributed by atoms with Crippen LogP contribution in [0.1, 0.15) is 18.5 Å². The molecule has 0 aliphatic carbocycles. The molecular formula is C14H12Br2FN. The summed E-state index contributed by atoms with van der Waals surface area (Å²) in [4.78, 5) is 0. The summed E-state index contributed by atoms with van der Waals surface area (Å²) in [6, 6.07) is 12.7. The standard InChI is InChI=1S/C14H12Br2FN/c1-9(11-7-6-10(17)8-13(11)16)18-14-5-3-2-4-12(14)15/h2-9,18H,1H3. The Balaban J connectivity index is 2.22. The molecule has 0 amide bonds. The molecule has 4 heteroatoms. The number of hydrogen-bond acceptors (Lipinski definition) is 1. The summed E-state index contributed by atoms with van der Waals surface area (Å²) < 4.78 is 14.8. The van der Waals surface area contributed by atoms with E-state index in [1.54, 1.807) is 6.07 Å². The Labute approximate surface area is 123 Å². The van der Waals surface area contributed by atoms with Crippen molar-refractivity contribution in [2.75, 3.05) is 5.32 Å². The quantitative estimate of drug-likeness (QED) is 0.747. The van der Waals surface area contributed by atoms with Crippen LogP contribution < -0.4 is 5.32 Å². The zero-order valence-electron chi connectivity index (χ0n) is 9.75. The molecule has 18 heavy (non-hydrogen) atoms. The van der Waals surface area contributed by atoms with Gasteiger partial charge in [0, 0.05) is 20.7 Å². The second-order valence-corrected chi connectivity index (χ2v) is 5.72. The highest BCUT2D eigenvalue weighted by molar-refractivity contribution is 9.10. The van der Waals surface area contributed by atoms with Crippen LogP contribution in [0.15, 0.2) is 51.4 Å². The minimum Gasteiger partial charge on any atom is -0.378 e. The summed E-state index contributed by atoms with van der Waals surface area (Å²) >= 11 is 6.88. The van der Waals surface area contributed by atoms with Gasteiger partial charge in [-0.25, -0.2) is 4.39 Å². The van der Waals surface area contributed by atoms with Crippen LogP contribution in [0, 0.1) is 5.82 Å². The molecule has 0 saturated carbocycles. The zero-order chi connectivity index (χ0) is 13.1. The maximum Gasteiger partial charge on any atom is 0.124 e. The number of nitrogens with one attached hydrogen (secondary N) is 1. The number of para-hydroxylation sites is 1. The van der Waals surface area contributed by atoms with Gasteiger partial charge < -0.3 is 5.32 Å². The first-order valence-corrected chi connectivity index (χ1v) is 7.12. The average molecular weight is 373 g/mol. The molecule has 2 aromatic rings. The second kappa shape index (κ2) is 5.85. The van der Waals surface area contributed by atoms with E-state index in [2.05, 4.69) is 37.2 Å². The lowest BCUT2D eigenvalue weighted by Gasteiger charge is -2.18. The van der Waals surface area contributed by atoms with Crippen LogP contribution in [0.2, 0.25) is 0 Å². The molecule has 0 aliphatic heterocycles. The van der Waals surface area contributed by atoms with Gasteiger partial charge in [0.2, 0.25) is 0 Å². The van der Waals surface area contributed by atoms with Crippen molar-refractivity contribution in [3.8, 4) is 0 Å². The molecule has 1 unspecified atom stereocenters. The number of anilines is 1. The van der Waals surface area contributed by atoms with Gasteiger partial charge in [0.05, 0.1) is 0 Å². The van der Waals surface area contributed by atoms with Gasteiger partial charge in [-0.3, -0.25) is 0 Å². The van der Waals surface area contributed by atoms with Crippen LogP contribution in [0.3, 0.4) is 0 Å². The highest BCUT2D eigenvalue weighted by Crippen LogP contribution is 2.29. The van der Waals surface area contributed by atoms with Gasteiger partial charge in [0.15, 0.2) is 0 Å². The molecule has 0 spiro atoms. The van der Waals surface area contributed by atoms with Crippen LogP contribution in [-0.2, 0) is 0 Å². The molecular weight excluding hydrogens is 361 g/mol. The van der Waals surface area contributed by atoms with E-state index in [-0.39, 0.29) is 11.9 Å². The third-order valence-corrected chi connectivity index (χ3v) is 4.05. The lowest BCUT2D eigenvalue weighted by Crippen LogP contribution is -2.07. The van der Waals surface area contributed by atoms with E-state index >= 15 is 0 Å². The van der Waals surface area contributed by atoms with E-state index in [0.29, 0.717) is 0 Å². The molecule has 2 aromatic carbocycles. The molecule has 0 aromatic heterocycles. The Morgan fingerprint density at radius 1 is 1.06 bits per heavy atom. The first kappa shape index (κ1) is 13.6. The predicted molar refractivity (Wildman–Crippen MR) is 80.3 cm³/mol. The van der Waals surface area contributed by atoms with Crippen LogP contribution in [0.25, 0.3) is 0 Å². The van der Waals surface area contributed by atoms with Crippen molar-refractivity contribution < 1.29 is 4.39 Å². The highest BCUT2D eigenvalue weighted by atomic mass is 79.9. The van der Waals surface area contributed by atoms with E-state index in [1.165, 1.54) is 12.1 Å². The van der Waals surface area contributed by atoms with Crippen LogP contribution in [0.4, 0.5) is 10.1 Å². The number of benzene rings is 2. The first-order valence-electron chi connectivity index (χ1n) is 5.54. The number of rotatable bonds is 3. The molecule has 94 valence electrons. The fourth-order valence-electron chi connectivity index (χ4n) is 1.74. The van der Waals surface area contributed by atoms with Crippen molar-refractivity contribution in [3.05, 3.63) is 62.8 Å². The Morgan fingerprint density at radius 3 is 2.44 bits per heavy atom. The van der Waals surface area contributed by atoms with E-state index in [1.807, 2.05) is 31.2 Å². The van der Waals surface area contributed by atoms with Gasteiger partial charge in [-0.05, 0) is 52.7 Å². The second-order valence-electron chi connectivity index (χ2n) is 4.01. The van der Waals surface area contributed by atoms with Crippen LogP contribution in [0.5, 0.6) is 0 Å². The summed E-state index contributed by atoms with van der Waals surface area (Å²) in [6.07, 6.45) is 0. The van der Waals surface area contributed by atoms with Crippen molar-refractivity contribution in [3.63, 3.8) is 0 Å². The normalized spacial score (nSPS) is 12.2. The lowest BCUT2D eigenvalue weighted by molar-refractivity contribution is 0.625. The van der Waals surface area contributed by atoms with E-state index < -0.39 is 0 Å². The molecule has 0 bridgehead atoms. The van der Waals surface area contributed by atoms with Gasteiger partial charge in [0.25, 0.3) is 0 Å². The number of hydrogen-bond donors (Lipinski definition) is 1. The fourth-order valence-corrected chi connectivity index (χ4v) is 2.84. The molecule has 2 rings (SSSR count). The van der Waals surface area contributed by atoms with Crippen molar-refractivity contribution in [2.24, 2.45) is 0 Å². The molecule has 0 aliphatic rings.